The second-order valence-corrected chi connectivity index (χ2v) is 4.14. The number of rotatable bonds is 2. The fourth-order valence-electron chi connectivity index (χ4n) is 1.58. The van der Waals surface area contributed by atoms with E-state index in [1.54, 1.807) is 4.68 Å². The van der Waals surface area contributed by atoms with Crippen molar-refractivity contribution in [3.63, 3.8) is 0 Å². The van der Waals surface area contributed by atoms with E-state index in [-0.39, 0.29) is 16.4 Å². The smallest absolute Gasteiger partial charge is 0.278 e. The number of halogens is 1. The van der Waals surface area contributed by atoms with Gasteiger partial charge in [0.25, 0.3) is 5.56 Å². The normalized spacial score (nSPS) is 10.8. The monoisotopic (exact) mass is 253 g/mol. The van der Waals surface area contributed by atoms with Crippen LogP contribution in [0.5, 0.6) is 0 Å². The largest absolute Gasteiger partial charge is 0.392 e. The van der Waals surface area contributed by atoms with E-state index in [1.807, 2.05) is 20.0 Å². The maximum absolute atomic E-state index is 11.8. The second kappa shape index (κ2) is 4.21. The molecule has 2 aromatic heterocycles. The average molecular weight is 254 g/mol. The molecule has 0 aliphatic rings. The molecular formula is C10H12ClN5O. The summed E-state index contributed by atoms with van der Waals surface area (Å²) in [7, 11) is 1.82. The first kappa shape index (κ1) is 11.7. The van der Waals surface area contributed by atoms with Crippen LogP contribution in [0.4, 0.5) is 5.69 Å². The molecular weight excluding hydrogens is 242 g/mol. The standard InChI is InChI=1S/C10H12ClN5O/c1-6-3-7(15(2)14-6)4-16-5-13-9(11)8(12)10(16)17/h3,5H,4,12H2,1-2H3. The Kier molecular flexibility index (Phi) is 2.89. The number of hydrogen-bond donors (Lipinski definition) is 1. The number of aryl methyl sites for hydroxylation is 2. The van der Waals surface area contributed by atoms with Crippen molar-refractivity contribution in [2.75, 3.05) is 5.73 Å². The molecule has 0 fully saturated rings. The van der Waals surface area contributed by atoms with Crippen LogP contribution >= 0.6 is 11.6 Å². The highest BCUT2D eigenvalue weighted by atomic mass is 35.5. The molecule has 0 aromatic carbocycles. The molecule has 0 radical (unpaired) electrons. The lowest BCUT2D eigenvalue weighted by molar-refractivity contribution is 0.645. The molecule has 90 valence electrons. The Morgan fingerprint density at radius 3 is 2.82 bits per heavy atom. The van der Waals surface area contributed by atoms with Crippen LogP contribution in [0.3, 0.4) is 0 Å². The number of aromatic nitrogens is 4. The summed E-state index contributed by atoms with van der Waals surface area (Å²) >= 11 is 5.66. The Labute approximate surface area is 103 Å². The minimum absolute atomic E-state index is 0.0342. The summed E-state index contributed by atoms with van der Waals surface area (Å²) < 4.78 is 3.12. The molecule has 2 heterocycles. The molecule has 0 atom stereocenters. The van der Waals surface area contributed by atoms with Crippen LogP contribution in [-0.2, 0) is 13.6 Å². The van der Waals surface area contributed by atoms with Gasteiger partial charge in [0.2, 0.25) is 0 Å². The van der Waals surface area contributed by atoms with E-state index in [1.165, 1.54) is 10.9 Å². The Morgan fingerprint density at radius 1 is 1.53 bits per heavy atom. The third kappa shape index (κ3) is 2.16. The molecule has 0 aliphatic carbocycles. The van der Waals surface area contributed by atoms with E-state index in [4.69, 9.17) is 17.3 Å². The second-order valence-electron chi connectivity index (χ2n) is 3.78. The van der Waals surface area contributed by atoms with Gasteiger partial charge in [0.15, 0.2) is 5.15 Å². The van der Waals surface area contributed by atoms with Gasteiger partial charge in [-0.3, -0.25) is 14.0 Å². The molecule has 0 saturated carbocycles. The topological polar surface area (TPSA) is 78.7 Å². The van der Waals surface area contributed by atoms with Crippen molar-refractivity contribution in [2.45, 2.75) is 13.5 Å². The van der Waals surface area contributed by atoms with E-state index in [0.717, 1.165) is 11.4 Å². The zero-order valence-corrected chi connectivity index (χ0v) is 10.3. The van der Waals surface area contributed by atoms with E-state index < -0.39 is 0 Å². The van der Waals surface area contributed by atoms with Gasteiger partial charge < -0.3 is 5.73 Å². The van der Waals surface area contributed by atoms with Crippen molar-refractivity contribution >= 4 is 17.3 Å². The number of nitrogens with two attached hydrogens (primary N) is 1. The summed E-state index contributed by atoms with van der Waals surface area (Å²) in [5, 5.41) is 4.24. The van der Waals surface area contributed by atoms with Crippen molar-refractivity contribution in [2.24, 2.45) is 7.05 Å². The third-order valence-electron chi connectivity index (χ3n) is 2.46. The van der Waals surface area contributed by atoms with Gasteiger partial charge >= 0.3 is 0 Å². The molecule has 17 heavy (non-hydrogen) atoms. The van der Waals surface area contributed by atoms with Crippen molar-refractivity contribution in [1.29, 1.82) is 0 Å². The first-order chi connectivity index (χ1) is 7.99. The quantitative estimate of drug-likeness (QED) is 0.794. The molecule has 0 aliphatic heterocycles. The molecule has 6 nitrogen and oxygen atoms in total. The van der Waals surface area contributed by atoms with E-state index in [2.05, 4.69) is 10.1 Å². The Balaban J connectivity index is 2.41. The highest BCUT2D eigenvalue weighted by Crippen LogP contribution is 2.09. The minimum atomic E-state index is -0.344. The first-order valence-corrected chi connectivity index (χ1v) is 5.36. The minimum Gasteiger partial charge on any atom is -0.392 e. The van der Waals surface area contributed by atoms with Gasteiger partial charge in [0.05, 0.1) is 24.3 Å². The highest BCUT2D eigenvalue weighted by molar-refractivity contribution is 6.31. The van der Waals surface area contributed by atoms with Crippen molar-refractivity contribution in [3.8, 4) is 0 Å². The molecule has 0 spiro atoms. The molecule has 2 rings (SSSR count). The molecule has 2 N–H and O–H groups in total. The van der Waals surface area contributed by atoms with Crippen molar-refractivity contribution in [3.05, 3.63) is 39.3 Å². The molecule has 2 aromatic rings. The number of anilines is 1. The Morgan fingerprint density at radius 2 is 2.24 bits per heavy atom. The lowest BCUT2D eigenvalue weighted by atomic mass is 10.3. The van der Waals surface area contributed by atoms with Crippen LogP contribution in [0.15, 0.2) is 17.2 Å². The molecule has 0 unspecified atom stereocenters. The molecule has 0 saturated heterocycles. The third-order valence-corrected chi connectivity index (χ3v) is 2.76. The van der Waals surface area contributed by atoms with Gasteiger partial charge in [0, 0.05) is 7.05 Å². The Hall–Kier alpha value is -1.82. The zero-order chi connectivity index (χ0) is 12.6. The van der Waals surface area contributed by atoms with Crippen molar-refractivity contribution < 1.29 is 0 Å². The van der Waals surface area contributed by atoms with Gasteiger partial charge in [-0.25, -0.2) is 4.98 Å². The first-order valence-electron chi connectivity index (χ1n) is 4.99. The molecule has 0 bridgehead atoms. The summed E-state index contributed by atoms with van der Waals surface area (Å²) in [5.74, 6) is 0. The summed E-state index contributed by atoms with van der Waals surface area (Å²) in [6, 6.07) is 1.90. The summed E-state index contributed by atoms with van der Waals surface area (Å²) in [6.45, 7) is 2.26. The fraction of sp³-hybridized carbons (Fsp3) is 0.300. The van der Waals surface area contributed by atoms with Crippen molar-refractivity contribution in [1.82, 2.24) is 19.3 Å². The van der Waals surface area contributed by atoms with E-state index in [9.17, 15) is 4.79 Å². The lowest BCUT2D eigenvalue weighted by Gasteiger charge is -2.06. The van der Waals surface area contributed by atoms with Crippen LogP contribution in [-0.4, -0.2) is 19.3 Å². The van der Waals surface area contributed by atoms with Gasteiger partial charge in [-0.2, -0.15) is 5.10 Å². The number of nitrogens with zero attached hydrogens (tertiary/aromatic N) is 4. The van der Waals surface area contributed by atoms with E-state index in [0.29, 0.717) is 6.54 Å². The maximum Gasteiger partial charge on any atom is 0.278 e. The fourth-order valence-corrected chi connectivity index (χ4v) is 1.71. The summed E-state index contributed by atoms with van der Waals surface area (Å²) in [4.78, 5) is 15.6. The average Bonchev–Trinajstić information content (AvgIpc) is 2.58. The predicted molar refractivity (Wildman–Crippen MR) is 65.0 cm³/mol. The summed E-state index contributed by atoms with van der Waals surface area (Å²) in [6.07, 6.45) is 1.38. The lowest BCUT2D eigenvalue weighted by Crippen LogP contribution is -2.25. The van der Waals surface area contributed by atoms with Gasteiger partial charge in [-0.15, -0.1) is 0 Å². The van der Waals surface area contributed by atoms with Gasteiger partial charge in [-0.1, -0.05) is 11.6 Å². The SMILES string of the molecule is Cc1cc(Cn2cnc(Cl)c(N)c2=O)n(C)n1. The predicted octanol–water partition coefficient (Wildman–Crippen LogP) is 0.569. The van der Waals surface area contributed by atoms with Crippen LogP contribution in [0.25, 0.3) is 0 Å². The number of hydrogen-bond acceptors (Lipinski definition) is 4. The van der Waals surface area contributed by atoms with Gasteiger partial charge in [0.1, 0.15) is 5.69 Å². The summed E-state index contributed by atoms with van der Waals surface area (Å²) in [5.41, 5.74) is 6.94. The maximum atomic E-state index is 11.8. The zero-order valence-electron chi connectivity index (χ0n) is 9.51. The molecule has 7 heteroatoms. The van der Waals surface area contributed by atoms with Crippen LogP contribution in [0.1, 0.15) is 11.4 Å². The molecule has 0 amide bonds. The number of nitrogen functional groups attached to an aromatic ring is 1. The van der Waals surface area contributed by atoms with Crippen LogP contribution in [0.2, 0.25) is 5.15 Å². The van der Waals surface area contributed by atoms with Gasteiger partial charge in [-0.05, 0) is 13.0 Å². The van der Waals surface area contributed by atoms with Crippen LogP contribution < -0.4 is 11.3 Å². The highest BCUT2D eigenvalue weighted by Gasteiger charge is 2.08. The Bertz CT molecular complexity index is 616. The van der Waals surface area contributed by atoms with E-state index >= 15 is 0 Å². The van der Waals surface area contributed by atoms with Crippen LogP contribution in [0, 0.1) is 6.92 Å².